The van der Waals surface area contributed by atoms with Crippen molar-refractivity contribution in [2.24, 2.45) is 0 Å². The first-order valence-electron chi connectivity index (χ1n) is 7.40. The number of carbonyl (C=O) groups excluding carboxylic acids is 1. The smallest absolute Gasteiger partial charge is 0.267 e. The van der Waals surface area contributed by atoms with Crippen LogP contribution in [0.25, 0.3) is 0 Å². The molecule has 0 spiro atoms. The summed E-state index contributed by atoms with van der Waals surface area (Å²) in [7, 11) is 0. The molecule has 1 heterocycles. The number of rotatable bonds is 5. The van der Waals surface area contributed by atoms with Crippen LogP contribution in [0.3, 0.4) is 0 Å². The van der Waals surface area contributed by atoms with Crippen molar-refractivity contribution in [2.45, 2.75) is 17.8 Å². The quantitative estimate of drug-likeness (QED) is 0.589. The van der Waals surface area contributed by atoms with Crippen molar-refractivity contribution in [3.63, 3.8) is 0 Å². The van der Waals surface area contributed by atoms with E-state index in [1.54, 1.807) is 29.8 Å². The molecule has 0 aliphatic heterocycles. The van der Waals surface area contributed by atoms with E-state index in [1.807, 2.05) is 30.3 Å². The molecule has 0 aliphatic carbocycles. The normalized spacial score (nSPS) is 10.7. The highest BCUT2D eigenvalue weighted by Gasteiger charge is 2.16. The second kappa shape index (κ2) is 8.03. The highest BCUT2D eigenvalue weighted by Crippen LogP contribution is 2.23. The fourth-order valence-corrected chi connectivity index (χ4v) is 3.58. The minimum absolute atomic E-state index is 0.323. The monoisotopic (exact) mass is 436 g/mol. The first-order chi connectivity index (χ1) is 12.0. The lowest BCUT2D eigenvalue weighted by Gasteiger charge is -2.11. The fraction of sp³-hybridized carbons (Fsp3) is 0.118. The van der Waals surface area contributed by atoms with Gasteiger partial charge < -0.3 is 0 Å². The zero-order chi connectivity index (χ0) is 17.8. The molecule has 0 saturated carbocycles. The predicted molar refractivity (Wildman–Crippen MR) is 104 cm³/mol. The van der Waals surface area contributed by atoms with Gasteiger partial charge in [0.15, 0.2) is 0 Å². The summed E-state index contributed by atoms with van der Waals surface area (Å²) >= 11 is 11.0. The second-order valence-corrected chi connectivity index (χ2v) is 7.47. The van der Waals surface area contributed by atoms with Gasteiger partial charge in [0.05, 0.1) is 10.6 Å². The van der Waals surface area contributed by atoms with E-state index in [9.17, 15) is 4.79 Å². The van der Waals surface area contributed by atoms with Crippen molar-refractivity contribution in [1.82, 2.24) is 14.9 Å². The Morgan fingerprint density at radius 3 is 2.76 bits per heavy atom. The van der Waals surface area contributed by atoms with Gasteiger partial charge in [0, 0.05) is 10.2 Å². The molecule has 3 aromatic rings. The van der Waals surface area contributed by atoms with E-state index >= 15 is 0 Å². The minimum atomic E-state index is -0.323. The van der Waals surface area contributed by atoms with E-state index in [0.29, 0.717) is 21.6 Å². The topological polar surface area (TPSA) is 59.8 Å². The van der Waals surface area contributed by atoms with Crippen molar-refractivity contribution >= 4 is 45.2 Å². The Bertz CT molecular complexity index is 901. The van der Waals surface area contributed by atoms with E-state index in [-0.39, 0.29) is 5.91 Å². The minimum Gasteiger partial charge on any atom is -0.267 e. The van der Waals surface area contributed by atoms with Gasteiger partial charge in [-0.15, -0.1) is 10.2 Å². The van der Waals surface area contributed by atoms with E-state index in [0.717, 1.165) is 10.2 Å². The van der Waals surface area contributed by atoms with Crippen LogP contribution in [0, 0.1) is 6.92 Å². The maximum Gasteiger partial charge on any atom is 0.271 e. The summed E-state index contributed by atoms with van der Waals surface area (Å²) in [6.07, 6.45) is 0. The lowest BCUT2D eigenvalue weighted by atomic mass is 10.2. The van der Waals surface area contributed by atoms with Gasteiger partial charge in [0.1, 0.15) is 5.82 Å². The van der Waals surface area contributed by atoms with Crippen molar-refractivity contribution in [3.05, 3.63) is 75.0 Å². The van der Waals surface area contributed by atoms with Crippen molar-refractivity contribution < 1.29 is 4.79 Å². The number of halogens is 2. The Labute approximate surface area is 162 Å². The Balaban J connectivity index is 1.77. The van der Waals surface area contributed by atoms with Crippen molar-refractivity contribution in [3.8, 4) is 0 Å². The molecule has 5 nitrogen and oxygen atoms in total. The van der Waals surface area contributed by atoms with E-state index in [1.165, 1.54) is 17.3 Å². The molecular formula is C17H14BrClN4OS. The van der Waals surface area contributed by atoms with Crippen LogP contribution in [0.1, 0.15) is 21.7 Å². The molecule has 1 amide bonds. The highest BCUT2D eigenvalue weighted by atomic mass is 79.9. The molecule has 0 radical (unpaired) electrons. The number of thioether (sulfide) groups is 1. The van der Waals surface area contributed by atoms with Crippen LogP contribution in [0.15, 0.2) is 58.2 Å². The van der Waals surface area contributed by atoms with Crippen LogP contribution in [0.5, 0.6) is 0 Å². The number of amides is 1. The molecule has 2 aromatic carbocycles. The molecule has 0 atom stereocenters. The van der Waals surface area contributed by atoms with Crippen LogP contribution in [-0.2, 0) is 5.75 Å². The number of hydrogen-bond acceptors (Lipinski definition) is 4. The van der Waals surface area contributed by atoms with Crippen LogP contribution in [0.2, 0.25) is 5.02 Å². The van der Waals surface area contributed by atoms with Gasteiger partial charge in [-0.25, -0.2) is 4.68 Å². The Morgan fingerprint density at radius 1 is 1.24 bits per heavy atom. The van der Waals surface area contributed by atoms with E-state index in [2.05, 4.69) is 31.6 Å². The summed E-state index contributed by atoms with van der Waals surface area (Å²) in [6, 6.07) is 15.2. The van der Waals surface area contributed by atoms with Crippen molar-refractivity contribution in [1.29, 1.82) is 0 Å². The van der Waals surface area contributed by atoms with Crippen LogP contribution in [-0.4, -0.2) is 20.8 Å². The predicted octanol–water partition coefficient (Wildman–Crippen LogP) is 4.68. The molecule has 1 aromatic heterocycles. The summed E-state index contributed by atoms with van der Waals surface area (Å²) in [4.78, 5) is 12.6. The van der Waals surface area contributed by atoms with Crippen molar-refractivity contribution in [2.75, 3.05) is 5.43 Å². The van der Waals surface area contributed by atoms with E-state index < -0.39 is 0 Å². The molecule has 0 bridgehead atoms. The van der Waals surface area contributed by atoms with Gasteiger partial charge in [0.2, 0.25) is 5.16 Å². The number of nitrogens with zero attached hydrogens (tertiary/aromatic N) is 3. The zero-order valence-electron chi connectivity index (χ0n) is 13.2. The van der Waals surface area contributed by atoms with Crippen LogP contribution < -0.4 is 5.43 Å². The van der Waals surface area contributed by atoms with E-state index in [4.69, 9.17) is 11.6 Å². The van der Waals surface area contributed by atoms with Gasteiger partial charge in [-0.05, 0) is 30.7 Å². The number of hydrogen-bond donors (Lipinski definition) is 1. The average molecular weight is 438 g/mol. The maximum absolute atomic E-state index is 12.6. The zero-order valence-corrected chi connectivity index (χ0v) is 16.4. The summed E-state index contributed by atoms with van der Waals surface area (Å²) in [5.41, 5.74) is 4.35. The fourth-order valence-electron chi connectivity index (χ4n) is 2.12. The molecule has 3 rings (SSSR count). The third-order valence-electron chi connectivity index (χ3n) is 3.39. The summed E-state index contributed by atoms with van der Waals surface area (Å²) in [6.45, 7) is 1.78. The number of carbonyl (C=O) groups is 1. The molecule has 1 N–H and O–H groups in total. The molecule has 8 heteroatoms. The molecule has 25 heavy (non-hydrogen) atoms. The largest absolute Gasteiger partial charge is 0.271 e. The van der Waals surface area contributed by atoms with Gasteiger partial charge in [-0.2, -0.15) is 0 Å². The van der Waals surface area contributed by atoms with Gasteiger partial charge >= 0.3 is 0 Å². The average Bonchev–Trinajstić information content (AvgIpc) is 2.96. The van der Waals surface area contributed by atoms with Gasteiger partial charge in [-0.1, -0.05) is 69.6 Å². The molecule has 0 saturated heterocycles. The standard InChI is InChI=1S/C17H14BrClN4OS/c1-11-20-21-17(25-10-12-5-3-2-4-6-12)23(11)22-16(24)14-9-13(18)7-8-15(14)19/h2-9H,10H2,1H3,(H,22,24). The lowest BCUT2D eigenvalue weighted by Crippen LogP contribution is -2.25. The summed E-state index contributed by atoms with van der Waals surface area (Å²) in [5.74, 6) is 0.998. The molecule has 0 aliphatic rings. The summed E-state index contributed by atoms with van der Waals surface area (Å²) in [5, 5.41) is 9.18. The highest BCUT2D eigenvalue weighted by molar-refractivity contribution is 9.10. The summed E-state index contributed by atoms with van der Waals surface area (Å²) < 4.78 is 2.36. The molecular weight excluding hydrogens is 424 g/mol. The number of benzene rings is 2. The molecule has 0 fully saturated rings. The maximum atomic E-state index is 12.6. The first kappa shape index (κ1) is 18.0. The third kappa shape index (κ3) is 4.42. The van der Waals surface area contributed by atoms with Gasteiger partial charge in [-0.3, -0.25) is 10.2 Å². The van der Waals surface area contributed by atoms with Gasteiger partial charge in [0.25, 0.3) is 5.91 Å². The number of nitrogens with one attached hydrogen (secondary N) is 1. The lowest BCUT2D eigenvalue weighted by molar-refractivity contribution is 0.101. The number of aromatic nitrogens is 3. The Hall–Kier alpha value is -1.83. The second-order valence-electron chi connectivity index (χ2n) is 5.20. The Morgan fingerprint density at radius 2 is 2.00 bits per heavy atom. The Kier molecular flexibility index (Phi) is 5.78. The SMILES string of the molecule is Cc1nnc(SCc2ccccc2)n1NC(=O)c1cc(Br)ccc1Cl. The van der Waals surface area contributed by atoms with Crippen LogP contribution >= 0.6 is 39.3 Å². The molecule has 0 unspecified atom stereocenters. The third-order valence-corrected chi connectivity index (χ3v) is 5.22. The number of aryl methyl sites for hydroxylation is 1. The molecule has 128 valence electrons. The first-order valence-corrected chi connectivity index (χ1v) is 9.55. The van der Waals surface area contributed by atoms with Crippen LogP contribution in [0.4, 0.5) is 0 Å².